The molecule has 1 aromatic carbocycles. The molecule has 1 fully saturated rings. The second-order valence-corrected chi connectivity index (χ2v) is 8.14. The molecule has 4 rings (SSSR count). The first-order valence-corrected chi connectivity index (χ1v) is 10.9. The summed E-state index contributed by atoms with van der Waals surface area (Å²) in [6.45, 7) is 8.89. The SMILES string of the molecule is Cc1ccc(C(=O)N2CCN(C(=O)NCc3c(C)nn(Cc4ccccc4)c3C)CC2)o1. The molecule has 1 N–H and O–H groups in total. The molecule has 0 atom stereocenters. The summed E-state index contributed by atoms with van der Waals surface area (Å²) in [5.74, 6) is 0.929. The maximum Gasteiger partial charge on any atom is 0.317 e. The highest BCUT2D eigenvalue weighted by molar-refractivity contribution is 5.91. The van der Waals surface area contributed by atoms with Crippen LogP contribution in [-0.2, 0) is 13.1 Å². The van der Waals surface area contributed by atoms with Crippen LogP contribution in [0.15, 0.2) is 46.9 Å². The number of rotatable bonds is 5. The van der Waals surface area contributed by atoms with Crippen LogP contribution in [0.25, 0.3) is 0 Å². The Bertz CT molecular complexity index is 1090. The van der Waals surface area contributed by atoms with E-state index >= 15 is 0 Å². The van der Waals surface area contributed by atoms with Gasteiger partial charge >= 0.3 is 6.03 Å². The van der Waals surface area contributed by atoms with E-state index in [0.717, 1.165) is 17.0 Å². The van der Waals surface area contributed by atoms with Crippen molar-refractivity contribution in [1.29, 1.82) is 0 Å². The van der Waals surface area contributed by atoms with Gasteiger partial charge in [0.15, 0.2) is 5.76 Å². The van der Waals surface area contributed by atoms with Gasteiger partial charge in [-0.05, 0) is 38.5 Å². The number of benzene rings is 1. The van der Waals surface area contributed by atoms with Crippen LogP contribution >= 0.6 is 0 Å². The monoisotopic (exact) mass is 435 g/mol. The Morgan fingerprint density at radius 1 is 0.969 bits per heavy atom. The van der Waals surface area contributed by atoms with E-state index in [0.29, 0.717) is 50.8 Å². The number of hydrogen-bond donors (Lipinski definition) is 1. The van der Waals surface area contributed by atoms with Gasteiger partial charge in [0.2, 0.25) is 0 Å². The van der Waals surface area contributed by atoms with Crippen molar-refractivity contribution in [2.75, 3.05) is 26.2 Å². The van der Waals surface area contributed by atoms with Crippen molar-refractivity contribution in [3.05, 3.63) is 76.5 Å². The largest absolute Gasteiger partial charge is 0.456 e. The van der Waals surface area contributed by atoms with Crippen molar-refractivity contribution in [2.24, 2.45) is 0 Å². The number of hydrogen-bond acceptors (Lipinski definition) is 4. The summed E-state index contributed by atoms with van der Waals surface area (Å²) in [4.78, 5) is 28.7. The van der Waals surface area contributed by atoms with Crippen LogP contribution in [0.2, 0.25) is 0 Å². The van der Waals surface area contributed by atoms with Crippen LogP contribution in [0.1, 0.15) is 38.8 Å². The quantitative estimate of drug-likeness (QED) is 0.668. The maximum absolute atomic E-state index is 12.7. The number of furan rings is 1. The van der Waals surface area contributed by atoms with Gasteiger partial charge in [-0.3, -0.25) is 9.48 Å². The van der Waals surface area contributed by atoms with Crippen LogP contribution in [0, 0.1) is 20.8 Å². The van der Waals surface area contributed by atoms with Crippen molar-refractivity contribution in [3.63, 3.8) is 0 Å². The van der Waals surface area contributed by atoms with E-state index < -0.39 is 0 Å². The maximum atomic E-state index is 12.7. The average molecular weight is 436 g/mol. The molecular weight excluding hydrogens is 406 g/mol. The van der Waals surface area contributed by atoms with Gasteiger partial charge in [-0.25, -0.2) is 4.79 Å². The zero-order valence-electron chi connectivity index (χ0n) is 18.8. The third-order valence-electron chi connectivity index (χ3n) is 5.93. The molecule has 32 heavy (non-hydrogen) atoms. The molecule has 0 bridgehead atoms. The van der Waals surface area contributed by atoms with Crippen molar-refractivity contribution in [3.8, 4) is 0 Å². The first kappa shape index (κ1) is 21.7. The molecule has 0 aliphatic carbocycles. The number of nitrogens with zero attached hydrogens (tertiary/aromatic N) is 4. The van der Waals surface area contributed by atoms with Gasteiger partial charge in [0.1, 0.15) is 5.76 Å². The lowest BCUT2D eigenvalue weighted by Gasteiger charge is -2.34. The molecule has 2 aromatic heterocycles. The Morgan fingerprint density at radius 2 is 1.66 bits per heavy atom. The number of urea groups is 1. The lowest BCUT2D eigenvalue weighted by Crippen LogP contribution is -2.53. The molecule has 168 valence electrons. The Balaban J connectivity index is 1.30. The topological polar surface area (TPSA) is 83.6 Å². The lowest BCUT2D eigenvalue weighted by atomic mass is 10.2. The molecule has 1 saturated heterocycles. The fourth-order valence-electron chi connectivity index (χ4n) is 3.99. The molecule has 0 radical (unpaired) electrons. The smallest absolute Gasteiger partial charge is 0.317 e. The number of carbonyl (C=O) groups excluding carboxylic acids is 2. The van der Waals surface area contributed by atoms with Crippen LogP contribution in [0.3, 0.4) is 0 Å². The van der Waals surface area contributed by atoms with Gasteiger partial charge in [0.25, 0.3) is 5.91 Å². The summed E-state index contributed by atoms with van der Waals surface area (Å²) in [5.41, 5.74) is 4.20. The number of aryl methyl sites for hydroxylation is 2. The number of piperazine rings is 1. The highest BCUT2D eigenvalue weighted by atomic mass is 16.3. The summed E-state index contributed by atoms with van der Waals surface area (Å²) in [5, 5.41) is 7.67. The molecule has 3 heterocycles. The molecule has 0 saturated carbocycles. The molecular formula is C24H29N5O3. The lowest BCUT2D eigenvalue weighted by molar-refractivity contribution is 0.0632. The minimum absolute atomic E-state index is 0.124. The first-order valence-electron chi connectivity index (χ1n) is 10.9. The van der Waals surface area contributed by atoms with Gasteiger partial charge in [0, 0.05) is 44.0 Å². The Kier molecular flexibility index (Phi) is 6.30. The highest BCUT2D eigenvalue weighted by Gasteiger charge is 2.26. The predicted octanol–water partition coefficient (Wildman–Crippen LogP) is 3.12. The number of nitrogens with one attached hydrogen (secondary N) is 1. The molecule has 0 spiro atoms. The van der Waals surface area contributed by atoms with Crippen molar-refractivity contribution < 1.29 is 14.0 Å². The van der Waals surface area contributed by atoms with E-state index in [2.05, 4.69) is 22.5 Å². The van der Waals surface area contributed by atoms with E-state index in [1.54, 1.807) is 21.9 Å². The molecule has 3 amide bonds. The average Bonchev–Trinajstić information content (AvgIpc) is 3.35. The van der Waals surface area contributed by atoms with Crippen LogP contribution < -0.4 is 5.32 Å². The summed E-state index contributed by atoms with van der Waals surface area (Å²) >= 11 is 0. The van der Waals surface area contributed by atoms with E-state index in [1.165, 1.54) is 5.56 Å². The summed E-state index contributed by atoms with van der Waals surface area (Å²) in [6, 6.07) is 13.5. The van der Waals surface area contributed by atoms with Crippen molar-refractivity contribution in [1.82, 2.24) is 24.9 Å². The van der Waals surface area contributed by atoms with Gasteiger partial charge in [0.05, 0.1) is 12.2 Å². The fraction of sp³-hybridized carbons (Fsp3) is 0.375. The standard InChI is InChI=1S/C24H29N5O3/c1-17-9-10-22(32-17)23(30)27-11-13-28(14-12-27)24(31)25-15-21-18(2)26-29(19(21)3)16-20-7-5-4-6-8-20/h4-10H,11-16H2,1-3H3,(H,25,31). The molecule has 1 aliphatic rings. The van der Waals surface area contributed by atoms with Gasteiger partial charge < -0.3 is 19.5 Å². The third-order valence-corrected chi connectivity index (χ3v) is 5.93. The van der Waals surface area contributed by atoms with Crippen molar-refractivity contribution in [2.45, 2.75) is 33.9 Å². The fourth-order valence-corrected chi connectivity index (χ4v) is 3.99. The number of amides is 3. The second-order valence-electron chi connectivity index (χ2n) is 8.14. The minimum atomic E-state index is -0.129. The normalized spacial score (nSPS) is 14.0. The summed E-state index contributed by atoms with van der Waals surface area (Å²) in [6.07, 6.45) is 0. The molecule has 1 aliphatic heterocycles. The Morgan fingerprint density at radius 3 is 2.31 bits per heavy atom. The number of aromatic nitrogens is 2. The van der Waals surface area contributed by atoms with E-state index in [9.17, 15) is 9.59 Å². The Labute approximate surface area is 187 Å². The molecule has 0 unspecified atom stereocenters. The highest BCUT2D eigenvalue weighted by Crippen LogP contribution is 2.16. The van der Waals surface area contributed by atoms with Crippen LogP contribution in [0.4, 0.5) is 4.79 Å². The third kappa shape index (κ3) is 4.69. The minimum Gasteiger partial charge on any atom is -0.456 e. The van der Waals surface area contributed by atoms with Gasteiger partial charge in [-0.15, -0.1) is 0 Å². The molecule has 8 heteroatoms. The molecule has 3 aromatic rings. The van der Waals surface area contributed by atoms with E-state index in [-0.39, 0.29) is 11.9 Å². The first-order chi connectivity index (χ1) is 15.4. The number of carbonyl (C=O) groups is 2. The van der Waals surface area contributed by atoms with E-state index in [4.69, 9.17) is 4.42 Å². The predicted molar refractivity (Wildman–Crippen MR) is 120 cm³/mol. The van der Waals surface area contributed by atoms with Gasteiger partial charge in [-0.2, -0.15) is 5.10 Å². The molecule has 8 nitrogen and oxygen atoms in total. The van der Waals surface area contributed by atoms with Gasteiger partial charge in [-0.1, -0.05) is 30.3 Å². The van der Waals surface area contributed by atoms with Crippen LogP contribution in [0.5, 0.6) is 0 Å². The zero-order valence-corrected chi connectivity index (χ0v) is 18.8. The Hall–Kier alpha value is -3.55. The second kappa shape index (κ2) is 9.30. The summed E-state index contributed by atoms with van der Waals surface area (Å²) < 4.78 is 7.41. The van der Waals surface area contributed by atoms with Crippen LogP contribution in [-0.4, -0.2) is 57.7 Å². The van der Waals surface area contributed by atoms with E-state index in [1.807, 2.05) is 43.7 Å². The van der Waals surface area contributed by atoms with Crippen molar-refractivity contribution >= 4 is 11.9 Å². The zero-order chi connectivity index (χ0) is 22.7. The summed E-state index contributed by atoms with van der Waals surface area (Å²) in [7, 11) is 0.